The first-order valence-corrected chi connectivity index (χ1v) is 10.8. The maximum Gasteiger partial charge on any atom is 0.266 e. The van der Waals surface area contributed by atoms with E-state index in [-0.39, 0.29) is 5.69 Å². The average molecular weight is 497 g/mol. The van der Waals surface area contributed by atoms with Crippen molar-refractivity contribution in [2.24, 2.45) is 5.92 Å². The van der Waals surface area contributed by atoms with Gasteiger partial charge >= 0.3 is 0 Å². The van der Waals surface area contributed by atoms with E-state index in [1.54, 1.807) is 24.3 Å². The Balaban J connectivity index is 1.61. The highest BCUT2D eigenvalue weighted by atomic mass is 79.9. The molecule has 0 N–H and O–H groups in total. The number of imide groups is 1. The molecule has 0 radical (unpaired) electrons. The fourth-order valence-corrected chi connectivity index (χ4v) is 4.85. The van der Waals surface area contributed by atoms with E-state index in [4.69, 9.17) is 9.57 Å². The summed E-state index contributed by atoms with van der Waals surface area (Å²) in [6.45, 7) is 0. The van der Waals surface area contributed by atoms with Crippen LogP contribution in [0.15, 0.2) is 77.3 Å². The lowest BCUT2D eigenvalue weighted by molar-refractivity contribution is -0.126. The van der Waals surface area contributed by atoms with Gasteiger partial charge in [0.1, 0.15) is 17.5 Å². The lowest BCUT2D eigenvalue weighted by Gasteiger charge is -2.29. The lowest BCUT2D eigenvalue weighted by atomic mass is 9.90. The number of para-hydroxylation sites is 2. The second kappa shape index (κ2) is 8.03. The van der Waals surface area contributed by atoms with Crippen LogP contribution in [0.2, 0.25) is 0 Å². The summed E-state index contributed by atoms with van der Waals surface area (Å²) in [7, 11) is 1.57. The van der Waals surface area contributed by atoms with E-state index < -0.39 is 35.7 Å². The van der Waals surface area contributed by atoms with Gasteiger partial charge in [-0.3, -0.25) is 14.4 Å². The number of methoxy groups -OCH3 is 1. The third kappa shape index (κ3) is 3.18. The largest absolute Gasteiger partial charge is 0.496 e. The van der Waals surface area contributed by atoms with Gasteiger partial charge in [0.25, 0.3) is 5.91 Å². The molecular weight excluding hydrogens is 479 g/mol. The number of benzene rings is 3. The minimum absolute atomic E-state index is 0.0681. The number of carbonyl (C=O) groups excluding carboxylic acids is 2. The third-order valence-corrected chi connectivity index (χ3v) is 6.36. The predicted octanol–water partition coefficient (Wildman–Crippen LogP) is 4.65. The van der Waals surface area contributed by atoms with Gasteiger partial charge in [-0.05, 0) is 57.9 Å². The van der Waals surface area contributed by atoms with Crippen molar-refractivity contribution in [3.05, 3.63) is 88.6 Å². The number of halogens is 2. The molecule has 8 heteroatoms. The molecule has 0 aromatic heterocycles. The molecule has 6 nitrogen and oxygen atoms in total. The van der Waals surface area contributed by atoms with Gasteiger partial charge in [-0.15, -0.1) is 0 Å². The molecule has 2 saturated heterocycles. The quantitative estimate of drug-likeness (QED) is 0.492. The van der Waals surface area contributed by atoms with E-state index in [0.717, 1.165) is 10.5 Å². The summed E-state index contributed by atoms with van der Waals surface area (Å²) >= 11 is 3.49. The lowest BCUT2D eigenvalue weighted by Crippen LogP contribution is -2.37. The van der Waals surface area contributed by atoms with E-state index in [9.17, 15) is 14.0 Å². The topological polar surface area (TPSA) is 59.1 Å². The predicted molar refractivity (Wildman–Crippen MR) is 120 cm³/mol. The molecule has 5 rings (SSSR count). The highest BCUT2D eigenvalue weighted by molar-refractivity contribution is 9.10. The molecule has 3 aromatic rings. The smallest absolute Gasteiger partial charge is 0.266 e. The van der Waals surface area contributed by atoms with Gasteiger partial charge in [0.05, 0.1) is 29.0 Å². The van der Waals surface area contributed by atoms with Gasteiger partial charge < -0.3 is 4.74 Å². The van der Waals surface area contributed by atoms with E-state index in [0.29, 0.717) is 15.9 Å². The second-order valence-electron chi connectivity index (χ2n) is 7.52. The SMILES string of the molecule is COc1ccc([C@@H]2[C@H]3C(=O)N(c4ccccc4F)C(=O)[C@H]3ON2c2ccccc2)cc1Br. The van der Waals surface area contributed by atoms with Crippen molar-refractivity contribution in [1.29, 1.82) is 0 Å². The molecule has 0 bridgehead atoms. The van der Waals surface area contributed by atoms with Crippen molar-refractivity contribution in [1.82, 2.24) is 0 Å². The van der Waals surface area contributed by atoms with E-state index >= 15 is 0 Å². The third-order valence-electron chi connectivity index (χ3n) is 5.74. The molecule has 2 aliphatic rings. The number of ether oxygens (including phenoxy) is 1. The normalized spacial score (nSPS) is 22.4. The molecule has 0 saturated carbocycles. The molecule has 162 valence electrons. The number of rotatable bonds is 4. The Morgan fingerprint density at radius 3 is 2.38 bits per heavy atom. The van der Waals surface area contributed by atoms with E-state index in [1.807, 2.05) is 42.5 Å². The summed E-state index contributed by atoms with van der Waals surface area (Å²) in [4.78, 5) is 33.7. The van der Waals surface area contributed by atoms with Crippen LogP contribution in [0.4, 0.5) is 15.8 Å². The first-order chi connectivity index (χ1) is 15.5. The molecule has 3 atom stereocenters. The van der Waals surface area contributed by atoms with Crippen molar-refractivity contribution >= 4 is 39.1 Å². The first-order valence-electron chi connectivity index (χ1n) is 9.98. The molecule has 0 aliphatic carbocycles. The molecule has 32 heavy (non-hydrogen) atoms. The van der Waals surface area contributed by atoms with Crippen LogP contribution in [-0.2, 0) is 14.4 Å². The summed E-state index contributed by atoms with van der Waals surface area (Å²) in [5.41, 5.74) is 1.39. The number of amides is 2. The summed E-state index contributed by atoms with van der Waals surface area (Å²) in [6.07, 6.45) is -1.06. The van der Waals surface area contributed by atoms with Crippen molar-refractivity contribution in [2.45, 2.75) is 12.1 Å². The summed E-state index contributed by atoms with van der Waals surface area (Å²) in [6, 6.07) is 19.9. The van der Waals surface area contributed by atoms with Crippen molar-refractivity contribution in [3.63, 3.8) is 0 Å². The molecule has 2 aliphatic heterocycles. The Bertz CT molecular complexity index is 1210. The summed E-state index contributed by atoms with van der Waals surface area (Å²) in [5.74, 6) is -1.93. The fraction of sp³-hybridized carbons (Fsp3) is 0.167. The maximum absolute atomic E-state index is 14.4. The number of fused-ring (bicyclic) bond motifs is 1. The van der Waals surface area contributed by atoms with Gasteiger partial charge in [-0.25, -0.2) is 14.4 Å². The van der Waals surface area contributed by atoms with Gasteiger partial charge in [0, 0.05) is 0 Å². The highest BCUT2D eigenvalue weighted by Gasteiger charge is 2.60. The molecule has 0 spiro atoms. The summed E-state index contributed by atoms with van der Waals surface area (Å²) < 4.78 is 20.5. The van der Waals surface area contributed by atoms with Crippen LogP contribution >= 0.6 is 15.9 Å². The second-order valence-corrected chi connectivity index (χ2v) is 8.37. The minimum Gasteiger partial charge on any atom is -0.496 e. The van der Waals surface area contributed by atoms with Gasteiger partial charge in [-0.2, -0.15) is 0 Å². The molecule has 2 fully saturated rings. The van der Waals surface area contributed by atoms with Crippen LogP contribution in [0, 0.1) is 11.7 Å². The Kier molecular flexibility index (Phi) is 5.19. The zero-order valence-corrected chi connectivity index (χ0v) is 18.5. The van der Waals surface area contributed by atoms with Crippen LogP contribution in [0.25, 0.3) is 0 Å². The highest BCUT2D eigenvalue weighted by Crippen LogP contribution is 2.48. The molecule has 2 amide bonds. The van der Waals surface area contributed by atoms with Crippen LogP contribution < -0.4 is 14.7 Å². The molecule has 0 unspecified atom stereocenters. The Morgan fingerprint density at radius 2 is 1.69 bits per heavy atom. The minimum atomic E-state index is -1.06. The molecular formula is C24H18BrFN2O4. The Hall–Kier alpha value is -3.23. The number of hydrogen-bond donors (Lipinski definition) is 0. The van der Waals surface area contributed by atoms with Crippen LogP contribution in [0.3, 0.4) is 0 Å². The zero-order chi connectivity index (χ0) is 22.4. The van der Waals surface area contributed by atoms with Crippen LogP contribution in [0.5, 0.6) is 5.75 Å². The zero-order valence-electron chi connectivity index (χ0n) is 16.9. The van der Waals surface area contributed by atoms with Crippen molar-refractivity contribution < 1.29 is 23.6 Å². The number of carbonyl (C=O) groups is 2. The monoisotopic (exact) mass is 496 g/mol. The van der Waals surface area contributed by atoms with Crippen molar-refractivity contribution in [3.8, 4) is 5.75 Å². The van der Waals surface area contributed by atoms with Gasteiger partial charge in [0.15, 0.2) is 6.10 Å². The first kappa shape index (κ1) is 20.7. The number of nitrogens with zero attached hydrogens (tertiary/aromatic N) is 2. The number of hydrogen-bond acceptors (Lipinski definition) is 5. The van der Waals surface area contributed by atoms with Crippen LogP contribution in [-0.4, -0.2) is 25.0 Å². The Morgan fingerprint density at radius 1 is 0.969 bits per heavy atom. The number of anilines is 2. The fourth-order valence-electron chi connectivity index (χ4n) is 4.29. The number of hydroxylamine groups is 1. The van der Waals surface area contributed by atoms with E-state index in [2.05, 4.69) is 15.9 Å². The average Bonchev–Trinajstić information content (AvgIpc) is 3.31. The molecule has 2 heterocycles. The van der Waals surface area contributed by atoms with Gasteiger partial charge in [0.2, 0.25) is 5.91 Å². The van der Waals surface area contributed by atoms with E-state index in [1.165, 1.54) is 18.2 Å². The van der Waals surface area contributed by atoms with Crippen LogP contribution in [0.1, 0.15) is 11.6 Å². The van der Waals surface area contributed by atoms with Crippen molar-refractivity contribution in [2.75, 3.05) is 17.1 Å². The summed E-state index contributed by atoms with van der Waals surface area (Å²) in [5, 5.41) is 1.60. The Labute approximate surface area is 192 Å². The standard InChI is InChI=1S/C24H18BrFN2O4/c1-31-19-12-11-14(13-16(19)25)21-20-22(32-28(21)15-7-3-2-4-8-15)24(30)27(23(20)29)18-10-6-5-9-17(18)26/h2-13,20-22H,1H3/t20-,21-,22+/m1/s1. The van der Waals surface area contributed by atoms with Gasteiger partial charge in [-0.1, -0.05) is 36.4 Å². The molecule has 3 aromatic carbocycles. The maximum atomic E-state index is 14.4.